The van der Waals surface area contributed by atoms with E-state index in [1.807, 2.05) is 0 Å². The van der Waals surface area contributed by atoms with E-state index in [0.29, 0.717) is 0 Å². The summed E-state index contributed by atoms with van der Waals surface area (Å²) < 4.78 is 4.45. The molecule has 0 unspecified atom stereocenters. The molecule has 0 fully saturated rings. The maximum absolute atomic E-state index is 4.45. The molecule has 1 nitrogen and oxygen atoms in total. The van der Waals surface area contributed by atoms with Crippen LogP contribution in [0.2, 0.25) is 0 Å². The molecule has 0 saturated carbocycles. The van der Waals surface area contributed by atoms with Crippen LogP contribution in [0.1, 0.15) is 0 Å². The Morgan fingerprint density at radius 2 is 2.17 bits per heavy atom. The zero-order valence-corrected chi connectivity index (χ0v) is 4.51. The SMILES string of the molecule is [CH2-]/C=C/OC.[Cu+]. The summed E-state index contributed by atoms with van der Waals surface area (Å²) in [5.74, 6) is 0. The molecule has 0 N–H and O–H groups in total. The van der Waals surface area contributed by atoms with Crippen LogP contribution in [0.5, 0.6) is 0 Å². The fourth-order valence-electron chi connectivity index (χ4n) is 0.0962. The number of hydrogen-bond donors (Lipinski definition) is 0. The first-order valence-corrected chi connectivity index (χ1v) is 1.39. The van der Waals surface area contributed by atoms with Crippen molar-refractivity contribution in [2.24, 2.45) is 0 Å². The number of ether oxygens (including phenoxy) is 1. The summed E-state index contributed by atoms with van der Waals surface area (Å²) in [6.07, 6.45) is 3.10. The zero-order chi connectivity index (χ0) is 4.12. The van der Waals surface area contributed by atoms with Crippen molar-refractivity contribution in [2.75, 3.05) is 7.11 Å². The molecule has 0 rings (SSSR count). The Morgan fingerprint density at radius 1 is 1.67 bits per heavy atom. The van der Waals surface area contributed by atoms with Crippen LogP contribution in [0.15, 0.2) is 12.3 Å². The molecule has 0 atom stereocenters. The van der Waals surface area contributed by atoms with Crippen LogP contribution in [-0.2, 0) is 21.8 Å². The average molecular weight is 135 g/mol. The van der Waals surface area contributed by atoms with E-state index >= 15 is 0 Å². The quantitative estimate of drug-likeness (QED) is 0.295. The normalized spacial score (nSPS) is 7.50. The Bertz CT molecular complexity index is 34.5. The van der Waals surface area contributed by atoms with Crippen molar-refractivity contribution in [3.63, 3.8) is 0 Å². The molecule has 6 heavy (non-hydrogen) atoms. The van der Waals surface area contributed by atoms with Crippen molar-refractivity contribution in [1.82, 2.24) is 0 Å². The van der Waals surface area contributed by atoms with Gasteiger partial charge in [0.15, 0.2) is 0 Å². The molecule has 0 spiro atoms. The largest absolute Gasteiger partial charge is 1.00 e. The molecule has 0 aliphatic rings. The van der Waals surface area contributed by atoms with Crippen molar-refractivity contribution >= 4 is 0 Å². The van der Waals surface area contributed by atoms with E-state index in [0.717, 1.165) is 0 Å². The third-order valence-corrected chi connectivity index (χ3v) is 0.232. The Labute approximate surface area is 48.9 Å². The summed E-state index contributed by atoms with van der Waals surface area (Å²) in [5.41, 5.74) is 0. The minimum Gasteiger partial charge on any atom is -0.588 e. The van der Waals surface area contributed by atoms with E-state index in [4.69, 9.17) is 0 Å². The summed E-state index contributed by atoms with van der Waals surface area (Å²) in [4.78, 5) is 0. The van der Waals surface area contributed by atoms with Crippen LogP contribution in [0.4, 0.5) is 0 Å². The third-order valence-electron chi connectivity index (χ3n) is 0.232. The van der Waals surface area contributed by atoms with E-state index in [-0.39, 0.29) is 17.1 Å². The second-order valence-electron chi connectivity index (χ2n) is 0.607. The van der Waals surface area contributed by atoms with Gasteiger partial charge in [0.05, 0.1) is 7.11 Å². The fourth-order valence-corrected chi connectivity index (χ4v) is 0.0962. The van der Waals surface area contributed by atoms with E-state index in [1.165, 1.54) is 6.26 Å². The van der Waals surface area contributed by atoms with Gasteiger partial charge in [0, 0.05) is 0 Å². The van der Waals surface area contributed by atoms with Crippen LogP contribution in [-0.4, -0.2) is 7.11 Å². The molecule has 0 aromatic rings. The molecule has 0 aromatic carbocycles. The Balaban J connectivity index is 0. The first kappa shape index (κ1) is 9.33. The van der Waals surface area contributed by atoms with Gasteiger partial charge in [-0.2, -0.15) is 6.08 Å². The van der Waals surface area contributed by atoms with Gasteiger partial charge in [-0.05, 0) is 0 Å². The van der Waals surface area contributed by atoms with E-state index in [1.54, 1.807) is 13.2 Å². The molecule has 0 saturated heterocycles. The summed E-state index contributed by atoms with van der Waals surface area (Å²) >= 11 is 0. The number of allylic oxidation sites excluding steroid dienone is 1. The van der Waals surface area contributed by atoms with Gasteiger partial charge in [-0.25, -0.2) is 6.92 Å². The van der Waals surface area contributed by atoms with Crippen molar-refractivity contribution in [1.29, 1.82) is 0 Å². The van der Waals surface area contributed by atoms with Gasteiger partial charge in [0.2, 0.25) is 0 Å². The Morgan fingerprint density at radius 3 is 2.17 bits per heavy atom. The molecule has 0 aromatic heterocycles. The molecule has 0 aliphatic heterocycles. The number of rotatable bonds is 1. The monoisotopic (exact) mass is 134 g/mol. The Kier molecular flexibility index (Phi) is 13.8. The predicted molar refractivity (Wildman–Crippen MR) is 21.5 cm³/mol. The van der Waals surface area contributed by atoms with Gasteiger partial charge < -0.3 is 4.74 Å². The minimum absolute atomic E-state index is 0. The van der Waals surface area contributed by atoms with Gasteiger partial charge in [-0.3, -0.25) is 0 Å². The Hall–Kier alpha value is -0.0705. The van der Waals surface area contributed by atoms with E-state index in [2.05, 4.69) is 11.7 Å². The van der Waals surface area contributed by atoms with Crippen LogP contribution >= 0.6 is 0 Å². The number of methoxy groups -OCH3 is 1. The van der Waals surface area contributed by atoms with E-state index in [9.17, 15) is 0 Å². The second-order valence-corrected chi connectivity index (χ2v) is 0.607. The van der Waals surface area contributed by atoms with E-state index < -0.39 is 0 Å². The molecular formula is C4H7CuO. The summed E-state index contributed by atoms with van der Waals surface area (Å²) in [5, 5.41) is 0. The van der Waals surface area contributed by atoms with Gasteiger partial charge in [-0.1, -0.05) is 6.26 Å². The van der Waals surface area contributed by atoms with Crippen LogP contribution in [0.3, 0.4) is 0 Å². The van der Waals surface area contributed by atoms with Crippen LogP contribution in [0, 0.1) is 6.92 Å². The molecule has 2 heteroatoms. The van der Waals surface area contributed by atoms with Crippen molar-refractivity contribution < 1.29 is 21.8 Å². The minimum atomic E-state index is 0. The van der Waals surface area contributed by atoms with Gasteiger partial charge in [0.1, 0.15) is 0 Å². The van der Waals surface area contributed by atoms with Gasteiger partial charge in [-0.15, -0.1) is 0 Å². The predicted octanol–water partition coefficient (Wildman–Crippen LogP) is 0.978. The topological polar surface area (TPSA) is 9.23 Å². The average Bonchev–Trinajstić information content (AvgIpc) is 1.41. The molecular weight excluding hydrogens is 128 g/mol. The summed E-state index contributed by atoms with van der Waals surface area (Å²) in [6.45, 7) is 3.37. The third kappa shape index (κ3) is 9.06. The van der Waals surface area contributed by atoms with Crippen molar-refractivity contribution in [3.05, 3.63) is 19.3 Å². The molecule has 0 bridgehead atoms. The maximum Gasteiger partial charge on any atom is 1.00 e. The van der Waals surface area contributed by atoms with Crippen LogP contribution in [0.25, 0.3) is 0 Å². The summed E-state index contributed by atoms with van der Waals surface area (Å²) in [7, 11) is 1.58. The van der Waals surface area contributed by atoms with Crippen molar-refractivity contribution in [2.45, 2.75) is 0 Å². The smallest absolute Gasteiger partial charge is 0.588 e. The van der Waals surface area contributed by atoms with Gasteiger partial charge >= 0.3 is 17.1 Å². The maximum atomic E-state index is 4.45. The van der Waals surface area contributed by atoms with Gasteiger partial charge in [0.25, 0.3) is 0 Å². The molecule has 0 radical (unpaired) electrons. The molecule has 40 valence electrons. The molecule has 0 heterocycles. The zero-order valence-electron chi connectivity index (χ0n) is 3.57. The molecule has 0 aliphatic carbocycles. The first-order valence-electron chi connectivity index (χ1n) is 1.39. The summed E-state index contributed by atoms with van der Waals surface area (Å²) in [6, 6.07) is 0. The second kappa shape index (κ2) is 8.87. The molecule has 0 amide bonds. The fraction of sp³-hybridized carbons (Fsp3) is 0.250. The first-order chi connectivity index (χ1) is 2.41. The van der Waals surface area contributed by atoms with Crippen LogP contribution < -0.4 is 0 Å². The van der Waals surface area contributed by atoms with Crippen molar-refractivity contribution in [3.8, 4) is 0 Å². The standard InChI is InChI=1S/C4H7O.Cu/c1-3-4-5-2;/h3-4H,1H2,2H3;/q-1;+1/b4-3+;. The number of hydrogen-bond acceptors (Lipinski definition) is 1.